The summed E-state index contributed by atoms with van der Waals surface area (Å²) in [4.78, 5) is 11.9. The minimum atomic E-state index is -0.655. The van der Waals surface area contributed by atoms with Crippen LogP contribution in [0.3, 0.4) is 0 Å². The molecule has 1 aliphatic rings. The Balaban J connectivity index is 0.00000220. The second-order valence-electron chi connectivity index (χ2n) is 5.06. The van der Waals surface area contributed by atoms with Crippen LogP contribution in [0.4, 0.5) is 0 Å². The standard InChI is InChI=1S/C14H18Cl2N2O2.ClH/c1-8(14(19)18-7-11(17)9-5-6-9)20-12-4-2-3-10(15)13(12)16;/h2-4,8-9,11H,5-7,17H2,1H3,(H,18,19);1H. The van der Waals surface area contributed by atoms with Gasteiger partial charge in [-0.2, -0.15) is 0 Å². The number of carbonyl (C=O) groups is 1. The maximum absolute atomic E-state index is 11.9. The number of halogens is 3. The zero-order chi connectivity index (χ0) is 14.7. The molecular weight excluding hydrogens is 335 g/mol. The van der Waals surface area contributed by atoms with Crippen LogP contribution in [0.15, 0.2) is 18.2 Å². The van der Waals surface area contributed by atoms with Crippen LogP contribution >= 0.6 is 35.6 Å². The van der Waals surface area contributed by atoms with Crippen molar-refractivity contribution in [2.45, 2.75) is 31.9 Å². The third kappa shape index (κ3) is 5.22. The third-order valence-corrected chi connectivity index (χ3v) is 4.13. The van der Waals surface area contributed by atoms with Gasteiger partial charge in [-0.05, 0) is 37.8 Å². The Morgan fingerprint density at radius 3 is 2.76 bits per heavy atom. The Hall–Kier alpha value is -0.680. The summed E-state index contributed by atoms with van der Waals surface area (Å²) in [5, 5.41) is 3.50. The molecule has 0 spiro atoms. The number of hydrogen-bond acceptors (Lipinski definition) is 3. The van der Waals surface area contributed by atoms with E-state index in [2.05, 4.69) is 5.32 Å². The van der Waals surface area contributed by atoms with Crippen LogP contribution < -0.4 is 15.8 Å². The molecule has 1 saturated carbocycles. The van der Waals surface area contributed by atoms with E-state index in [1.54, 1.807) is 25.1 Å². The van der Waals surface area contributed by atoms with Crippen LogP contribution in [-0.4, -0.2) is 24.6 Å². The van der Waals surface area contributed by atoms with Crippen LogP contribution in [-0.2, 0) is 4.79 Å². The van der Waals surface area contributed by atoms with Crippen molar-refractivity contribution in [2.24, 2.45) is 11.7 Å². The summed E-state index contributed by atoms with van der Waals surface area (Å²) < 4.78 is 5.53. The lowest BCUT2D eigenvalue weighted by Crippen LogP contribution is -2.43. The molecule has 1 aliphatic carbocycles. The fourth-order valence-corrected chi connectivity index (χ4v) is 2.21. The summed E-state index contributed by atoms with van der Waals surface area (Å²) in [5.74, 6) is 0.736. The number of hydrogen-bond donors (Lipinski definition) is 2. The molecule has 7 heteroatoms. The first kappa shape index (κ1) is 18.4. The van der Waals surface area contributed by atoms with Gasteiger partial charge in [-0.3, -0.25) is 4.79 Å². The number of nitrogens with one attached hydrogen (secondary N) is 1. The Morgan fingerprint density at radius 2 is 2.14 bits per heavy atom. The fourth-order valence-electron chi connectivity index (χ4n) is 1.87. The molecule has 3 N–H and O–H groups in total. The molecule has 4 nitrogen and oxygen atoms in total. The van der Waals surface area contributed by atoms with E-state index in [9.17, 15) is 4.79 Å². The van der Waals surface area contributed by atoms with E-state index in [4.69, 9.17) is 33.7 Å². The third-order valence-electron chi connectivity index (χ3n) is 3.33. The van der Waals surface area contributed by atoms with Gasteiger partial charge in [0.15, 0.2) is 6.10 Å². The predicted molar refractivity (Wildman–Crippen MR) is 87.5 cm³/mol. The number of amides is 1. The fraction of sp³-hybridized carbons (Fsp3) is 0.500. The SMILES string of the molecule is CC(Oc1cccc(Cl)c1Cl)C(=O)NCC(N)C1CC1.Cl. The number of carbonyl (C=O) groups excluding carboxylic acids is 1. The lowest BCUT2D eigenvalue weighted by atomic mass is 10.2. The summed E-state index contributed by atoms with van der Waals surface area (Å²) in [5.41, 5.74) is 5.93. The van der Waals surface area contributed by atoms with Crippen LogP contribution in [0.5, 0.6) is 5.75 Å². The Kier molecular flexibility index (Phi) is 7.07. The molecule has 0 heterocycles. The van der Waals surface area contributed by atoms with Gasteiger partial charge in [0, 0.05) is 12.6 Å². The molecule has 1 aromatic rings. The van der Waals surface area contributed by atoms with Crippen LogP contribution in [0, 0.1) is 5.92 Å². The highest BCUT2D eigenvalue weighted by molar-refractivity contribution is 6.42. The minimum absolute atomic E-state index is 0. The Morgan fingerprint density at radius 1 is 1.48 bits per heavy atom. The first-order valence-corrected chi connectivity index (χ1v) is 7.38. The van der Waals surface area contributed by atoms with Crippen molar-refractivity contribution in [3.63, 3.8) is 0 Å². The monoisotopic (exact) mass is 352 g/mol. The van der Waals surface area contributed by atoms with E-state index in [1.165, 1.54) is 0 Å². The lowest BCUT2D eigenvalue weighted by molar-refractivity contribution is -0.127. The van der Waals surface area contributed by atoms with Crippen LogP contribution in [0.2, 0.25) is 10.0 Å². The maximum Gasteiger partial charge on any atom is 0.260 e. The highest BCUT2D eigenvalue weighted by atomic mass is 35.5. The normalized spacial score (nSPS) is 16.6. The zero-order valence-corrected chi connectivity index (χ0v) is 14.0. The van der Waals surface area contributed by atoms with Crippen molar-refractivity contribution in [3.8, 4) is 5.75 Å². The van der Waals surface area contributed by atoms with E-state index in [0.29, 0.717) is 28.3 Å². The molecule has 0 bridgehead atoms. The number of nitrogens with two attached hydrogens (primary N) is 1. The molecule has 1 fully saturated rings. The highest BCUT2D eigenvalue weighted by Crippen LogP contribution is 2.32. The first-order chi connectivity index (χ1) is 9.49. The van der Waals surface area contributed by atoms with E-state index in [-0.39, 0.29) is 24.4 Å². The van der Waals surface area contributed by atoms with Crippen molar-refractivity contribution in [1.82, 2.24) is 5.32 Å². The first-order valence-electron chi connectivity index (χ1n) is 6.63. The predicted octanol–water partition coefficient (Wildman–Crippen LogP) is 3.04. The molecular formula is C14H19Cl3N2O2. The highest BCUT2D eigenvalue weighted by Gasteiger charge is 2.29. The Bertz CT molecular complexity index is 495. The molecule has 0 aliphatic heterocycles. The smallest absolute Gasteiger partial charge is 0.260 e. The molecule has 21 heavy (non-hydrogen) atoms. The van der Waals surface area contributed by atoms with Gasteiger partial charge in [-0.15, -0.1) is 12.4 Å². The van der Waals surface area contributed by atoms with Gasteiger partial charge >= 0.3 is 0 Å². The largest absolute Gasteiger partial charge is 0.479 e. The minimum Gasteiger partial charge on any atom is -0.479 e. The van der Waals surface area contributed by atoms with Crippen molar-refractivity contribution >= 4 is 41.5 Å². The quantitative estimate of drug-likeness (QED) is 0.826. The Labute approximate surface area is 140 Å². The average Bonchev–Trinajstić information content (AvgIpc) is 3.25. The number of rotatable bonds is 6. The van der Waals surface area contributed by atoms with E-state index in [1.807, 2.05) is 0 Å². The molecule has 1 amide bonds. The number of ether oxygens (including phenoxy) is 1. The molecule has 0 radical (unpaired) electrons. The summed E-state index contributed by atoms with van der Waals surface area (Å²) in [6.07, 6.45) is 1.65. The second-order valence-corrected chi connectivity index (χ2v) is 5.84. The molecule has 2 unspecified atom stereocenters. The topological polar surface area (TPSA) is 64.3 Å². The van der Waals surface area contributed by atoms with Gasteiger partial charge < -0.3 is 15.8 Å². The molecule has 2 atom stereocenters. The average molecular weight is 354 g/mol. The zero-order valence-electron chi connectivity index (χ0n) is 11.6. The van der Waals surface area contributed by atoms with Gasteiger partial charge in [-0.25, -0.2) is 0 Å². The summed E-state index contributed by atoms with van der Waals surface area (Å²) in [6.45, 7) is 2.13. The number of benzene rings is 1. The molecule has 0 saturated heterocycles. The van der Waals surface area contributed by atoms with Crippen molar-refractivity contribution in [2.75, 3.05) is 6.54 Å². The van der Waals surface area contributed by atoms with Gasteiger partial charge in [0.25, 0.3) is 5.91 Å². The van der Waals surface area contributed by atoms with Crippen molar-refractivity contribution < 1.29 is 9.53 Å². The summed E-state index contributed by atoms with van der Waals surface area (Å²) >= 11 is 11.9. The molecule has 118 valence electrons. The van der Waals surface area contributed by atoms with Crippen LogP contribution in [0.25, 0.3) is 0 Å². The van der Waals surface area contributed by atoms with E-state index in [0.717, 1.165) is 12.8 Å². The van der Waals surface area contributed by atoms with Crippen molar-refractivity contribution in [3.05, 3.63) is 28.2 Å². The van der Waals surface area contributed by atoms with E-state index < -0.39 is 6.10 Å². The second kappa shape index (κ2) is 8.08. The molecule has 2 rings (SSSR count). The van der Waals surface area contributed by atoms with Gasteiger partial charge in [0.2, 0.25) is 0 Å². The summed E-state index contributed by atoms with van der Waals surface area (Å²) in [7, 11) is 0. The molecule has 1 aromatic carbocycles. The van der Waals surface area contributed by atoms with Gasteiger partial charge in [0.1, 0.15) is 10.8 Å². The van der Waals surface area contributed by atoms with Crippen LogP contribution in [0.1, 0.15) is 19.8 Å². The maximum atomic E-state index is 11.9. The van der Waals surface area contributed by atoms with Crippen molar-refractivity contribution in [1.29, 1.82) is 0 Å². The molecule has 0 aromatic heterocycles. The summed E-state index contributed by atoms with van der Waals surface area (Å²) in [6, 6.07) is 5.09. The van der Waals surface area contributed by atoms with Gasteiger partial charge in [0.05, 0.1) is 5.02 Å². The van der Waals surface area contributed by atoms with E-state index >= 15 is 0 Å². The van der Waals surface area contributed by atoms with Gasteiger partial charge in [-0.1, -0.05) is 29.3 Å². The lowest BCUT2D eigenvalue weighted by Gasteiger charge is -2.17.